The normalized spacial score (nSPS) is 15.8. The van der Waals surface area contributed by atoms with E-state index in [1.165, 1.54) is 16.2 Å². The number of benzene rings is 1. The van der Waals surface area contributed by atoms with Crippen LogP contribution in [0.3, 0.4) is 0 Å². The summed E-state index contributed by atoms with van der Waals surface area (Å²) in [7, 11) is 0. The maximum absolute atomic E-state index is 12.2. The molecule has 5 rings (SSSR count). The molecule has 2 aliphatic rings. The molecule has 0 spiro atoms. The molecule has 0 unspecified atom stereocenters. The first-order chi connectivity index (χ1) is 24.3. The molecule has 4 heterocycles. The lowest BCUT2D eigenvalue weighted by atomic mass is 10.0. The van der Waals surface area contributed by atoms with Gasteiger partial charge in [-0.25, -0.2) is 0 Å². The molecule has 0 radical (unpaired) electrons. The molecule has 0 atom stereocenters. The number of fused-ring (bicyclic) bond motifs is 1. The second-order valence-electron chi connectivity index (χ2n) is 12.5. The fourth-order valence-electron chi connectivity index (χ4n) is 6.15. The summed E-state index contributed by atoms with van der Waals surface area (Å²) in [6.07, 6.45) is 5.36. The van der Waals surface area contributed by atoms with Crippen molar-refractivity contribution in [2.45, 2.75) is 58.1 Å². The van der Waals surface area contributed by atoms with Gasteiger partial charge in [0.25, 0.3) is 0 Å². The number of imide groups is 1. The number of hydrogen-bond acceptors (Lipinski definition) is 11. The van der Waals surface area contributed by atoms with Crippen molar-refractivity contribution in [3.05, 3.63) is 45.9 Å². The molecule has 272 valence electrons. The number of carbonyl (C=O) groups excluding carboxylic acids is 3. The Balaban J connectivity index is 1.06. The van der Waals surface area contributed by atoms with E-state index in [0.29, 0.717) is 64.2 Å². The summed E-state index contributed by atoms with van der Waals surface area (Å²) >= 11 is 8.12. The molecule has 2 aliphatic heterocycles. The van der Waals surface area contributed by atoms with Crippen molar-refractivity contribution in [2.75, 3.05) is 72.4 Å². The number of thiophene rings is 1. The molecular weight excluding hydrogens is 682 g/mol. The molecule has 12 nitrogen and oxygen atoms in total. The molecule has 1 aromatic carbocycles. The number of halogens is 1. The first-order valence-corrected chi connectivity index (χ1v) is 18.6. The quantitative estimate of drug-likeness (QED) is 0.127. The van der Waals surface area contributed by atoms with E-state index in [2.05, 4.69) is 15.2 Å². The first kappa shape index (κ1) is 38.1. The van der Waals surface area contributed by atoms with Crippen molar-refractivity contribution in [3.8, 4) is 16.9 Å². The van der Waals surface area contributed by atoms with E-state index in [4.69, 9.17) is 36.3 Å². The predicted octanol–water partition coefficient (Wildman–Crippen LogP) is 4.32. The average molecular weight is 730 g/mol. The first-order valence-electron chi connectivity index (χ1n) is 17.4. The van der Waals surface area contributed by atoms with Crippen LogP contribution in [0.25, 0.3) is 21.3 Å². The second-order valence-corrected chi connectivity index (χ2v) is 14.1. The minimum atomic E-state index is -0.128. The summed E-state index contributed by atoms with van der Waals surface area (Å²) in [6, 6.07) is 7.80. The van der Waals surface area contributed by atoms with Crippen molar-refractivity contribution >= 4 is 50.9 Å². The monoisotopic (exact) mass is 729 g/mol. The topological polar surface area (TPSA) is 146 Å². The number of carbonyl (C=O) groups is 3. The number of hydrogen-bond donors (Lipinski definition) is 2. The van der Waals surface area contributed by atoms with Gasteiger partial charge in [0.1, 0.15) is 11.9 Å². The van der Waals surface area contributed by atoms with E-state index in [1.807, 2.05) is 31.2 Å². The number of aromatic nitrogens is 1. The number of pyridine rings is 1. The Bertz CT molecular complexity index is 1580. The highest BCUT2D eigenvalue weighted by Crippen LogP contribution is 2.42. The van der Waals surface area contributed by atoms with Crippen LogP contribution in [0.2, 0.25) is 5.02 Å². The van der Waals surface area contributed by atoms with Gasteiger partial charge in [-0.3, -0.25) is 24.3 Å². The van der Waals surface area contributed by atoms with Gasteiger partial charge in [0.2, 0.25) is 17.7 Å². The van der Waals surface area contributed by atoms with Crippen LogP contribution in [0.15, 0.2) is 30.5 Å². The number of piperidine rings is 1. The maximum atomic E-state index is 12.2. The van der Waals surface area contributed by atoms with Gasteiger partial charge in [-0.05, 0) is 62.6 Å². The summed E-state index contributed by atoms with van der Waals surface area (Å²) in [5.74, 6) is 0.546. The summed E-state index contributed by atoms with van der Waals surface area (Å²) in [5.41, 5.74) is 9.01. The number of nitrogens with one attached hydrogen (secondary N) is 1. The SMILES string of the molecule is Cc1cc(Cl)cc(-c2ccnc3cc(CN4C(=O)CCC4=O)sc23)c1OC1CCN(CCCNC(=O)CCOCCOCCOCCN)CC1. The summed E-state index contributed by atoms with van der Waals surface area (Å²) in [6.45, 7) is 8.97. The molecule has 0 saturated carbocycles. The Hall–Kier alpha value is -3.17. The van der Waals surface area contributed by atoms with E-state index < -0.39 is 0 Å². The van der Waals surface area contributed by atoms with Gasteiger partial charge in [0, 0.05) is 72.7 Å². The van der Waals surface area contributed by atoms with Crippen LogP contribution in [0, 0.1) is 6.92 Å². The van der Waals surface area contributed by atoms with Gasteiger partial charge in [-0.15, -0.1) is 11.3 Å². The van der Waals surface area contributed by atoms with Crippen LogP contribution >= 0.6 is 22.9 Å². The molecule has 2 aromatic heterocycles. The molecular formula is C36H48ClN5O7S. The number of ether oxygens (including phenoxy) is 4. The van der Waals surface area contributed by atoms with E-state index in [9.17, 15) is 14.4 Å². The average Bonchev–Trinajstić information content (AvgIpc) is 3.67. The number of rotatable bonds is 20. The maximum Gasteiger partial charge on any atom is 0.230 e. The van der Waals surface area contributed by atoms with Crippen molar-refractivity contribution < 1.29 is 33.3 Å². The molecule has 2 fully saturated rings. The van der Waals surface area contributed by atoms with E-state index in [-0.39, 0.29) is 43.2 Å². The molecule has 0 aliphatic carbocycles. The second kappa shape index (κ2) is 19.4. The van der Waals surface area contributed by atoms with Gasteiger partial charge < -0.3 is 34.9 Å². The molecule has 3 aromatic rings. The van der Waals surface area contributed by atoms with Gasteiger partial charge in [-0.1, -0.05) is 11.6 Å². The van der Waals surface area contributed by atoms with Crippen molar-refractivity contribution in [1.29, 1.82) is 0 Å². The van der Waals surface area contributed by atoms with Crippen LogP contribution in [0.4, 0.5) is 0 Å². The zero-order chi connectivity index (χ0) is 35.3. The fraction of sp³-hybridized carbons (Fsp3) is 0.556. The van der Waals surface area contributed by atoms with Gasteiger partial charge in [-0.2, -0.15) is 0 Å². The number of nitrogens with two attached hydrogens (primary N) is 1. The third-order valence-corrected chi connectivity index (χ3v) is 10.1. The predicted molar refractivity (Wildman–Crippen MR) is 193 cm³/mol. The summed E-state index contributed by atoms with van der Waals surface area (Å²) < 4.78 is 23.8. The Labute approximate surface area is 302 Å². The van der Waals surface area contributed by atoms with Crippen LogP contribution in [0.1, 0.15) is 49.0 Å². The van der Waals surface area contributed by atoms with Crippen molar-refractivity contribution in [2.24, 2.45) is 5.73 Å². The number of likely N-dealkylation sites (tertiary alicyclic amines) is 2. The molecule has 3 N–H and O–H groups in total. The molecule has 50 heavy (non-hydrogen) atoms. The minimum absolute atomic E-state index is 0.00982. The lowest BCUT2D eigenvalue weighted by Gasteiger charge is -2.33. The fourth-order valence-corrected chi connectivity index (χ4v) is 7.55. The highest BCUT2D eigenvalue weighted by Gasteiger charge is 2.30. The molecule has 2 saturated heterocycles. The lowest BCUT2D eigenvalue weighted by Crippen LogP contribution is -2.39. The summed E-state index contributed by atoms with van der Waals surface area (Å²) in [5, 5.41) is 3.61. The Morgan fingerprint density at radius 3 is 2.42 bits per heavy atom. The van der Waals surface area contributed by atoms with Crippen molar-refractivity contribution in [3.63, 3.8) is 0 Å². The van der Waals surface area contributed by atoms with Crippen molar-refractivity contribution in [1.82, 2.24) is 20.1 Å². The smallest absolute Gasteiger partial charge is 0.230 e. The Kier molecular flexibility index (Phi) is 14.8. The van der Waals surface area contributed by atoms with E-state index in [0.717, 1.165) is 76.4 Å². The Morgan fingerprint density at radius 2 is 1.70 bits per heavy atom. The largest absolute Gasteiger partial charge is 0.489 e. The standard InChI is InChI=1S/C36H48ClN5O7S/c1-25-21-26(37)22-30(29-5-11-39-31-23-28(50-36(29)31)24-42-33(44)3-4-34(42)45)35(25)49-27-6-13-41(14-7-27)12-2-10-40-32(43)8-15-46-17-19-48-20-18-47-16-9-38/h5,11,21-23,27H,2-4,6-10,12-20,24,38H2,1H3,(H,40,43). The molecule has 14 heteroatoms. The van der Waals surface area contributed by atoms with E-state index >= 15 is 0 Å². The summed E-state index contributed by atoms with van der Waals surface area (Å²) in [4.78, 5) is 45.9. The number of nitrogens with zero attached hydrogens (tertiary/aromatic N) is 3. The zero-order valence-corrected chi connectivity index (χ0v) is 30.3. The van der Waals surface area contributed by atoms with Gasteiger partial charge >= 0.3 is 0 Å². The highest BCUT2D eigenvalue weighted by atomic mass is 35.5. The van der Waals surface area contributed by atoms with Gasteiger partial charge in [0.15, 0.2) is 0 Å². The number of aryl methyl sites for hydroxylation is 1. The third kappa shape index (κ3) is 10.9. The minimum Gasteiger partial charge on any atom is -0.489 e. The van der Waals surface area contributed by atoms with Crippen LogP contribution < -0.4 is 15.8 Å². The van der Waals surface area contributed by atoms with Crippen LogP contribution in [-0.4, -0.2) is 111 Å². The molecule has 0 bridgehead atoms. The van der Waals surface area contributed by atoms with Crippen LogP contribution in [-0.2, 0) is 35.1 Å². The van der Waals surface area contributed by atoms with E-state index in [1.54, 1.807) is 6.20 Å². The third-order valence-electron chi connectivity index (χ3n) is 8.73. The molecule has 3 amide bonds. The van der Waals surface area contributed by atoms with Crippen LogP contribution in [0.5, 0.6) is 5.75 Å². The van der Waals surface area contributed by atoms with Gasteiger partial charge in [0.05, 0.1) is 56.4 Å². The lowest BCUT2D eigenvalue weighted by molar-refractivity contribution is -0.139. The Morgan fingerprint density at radius 1 is 1.00 bits per heavy atom. The number of amides is 3. The zero-order valence-electron chi connectivity index (χ0n) is 28.8. The highest BCUT2D eigenvalue weighted by molar-refractivity contribution is 7.19.